The predicted molar refractivity (Wildman–Crippen MR) is 236 cm³/mol. The minimum atomic E-state index is -0.459. The number of pyridine rings is 1. The van der Waals surface area contributed by atoms with Crippen LogP contribution in [-0.2, 0) is 19.4 Å². The summed E-state index contributed by atoms with van der Waals surface area (Å²) < 4.78 is 30.1. The zero-order valence-corrected chi connectivity index (χ0v) is 34.6. The molecule has 0 aliphatic rings. The van der Waals surface area contributed by atoms with E-state index < -0.39 is 5.82 Å². The Morgan fingerprint density at radius 2 is 1.07 bits per heavy atom. The molecule has 0 amide bonds. The predicted octanol–water partition coefficient (Wildman–Crippen LogP) is 12.7. The molecule has 0 bridgehead atoms. The van der Waals surface area contributed by atoms with Gasteiger partial charge >= 0.3 is 294 Å². The molecule has 0 aliphatic carbocycles. The Kier molecular flexibility index (Phi) is 9.13. The van der Waals surface area contributed by atoms with Crippen molar-refractivity contribution in [3.63, 3.8) is 0 Å². The molecule has 0 saturated heterocycles. The zero-order valence-electron chi connectivity index (χ0n) is 32.3. The maximum atomic E-state index is 15.7. The van der Waals surface area contributed by atoms with E-state index in [1.807, 2.05) is 47.0 Å². The number of rotatable bonds is 8. The number of imidazole rings is 1. The van der Waals surface area contributed by atoms with Gasteiger partial charge in [-0.3, -0.25) is 0 Å². The van der Waals surface area contributed by atoms with Crippen LogP contribution in [0, 0.1) is 9.62 Å². The Labute approximate surface area is 360 Å². The van der Waals surface area contributed by atoms with Crippen molar-refractivity contribution >= 4 is 32.8 Å². The number of benzene rings is 7. The Balaban J connectivity index is 1.02. The number of hydrogen-bond donors (Lipinski definition) is 0. The van der Waals surface area contributed by atoms with Crippen LogP contribution in [0.1, 0.15) is 0 Å². The van der Waals surface area contributed by atoms with Gasteiger partial charge in [0.15, 0.2) is 5.82 Å². The van der Waals surface area contributed by atoms with Gasteiger partial charge in [0.05, 0.1) is 5.56 Å². The summed E-state index contributed by atoms with van der Waals surface area (Å²) in [5.74, 6) is 1.57. The first-order chi connectivity index (χ1) is 30.1. The molecule has 0 aliphatic heterocycles. The van der Waals surface area contributed by atoms with Crippen LogP contribution in [0.3, 0.4) is 0 Å². The summed E-state index contributed by atoms with van der Waals surface area (Å²) in [6.45, 7) is 0. The molecule has 9 heteroatoms. The molecule has 11 aromatic rings. The van der Waals surface area contributed by atoms with Crippen LogP contribution >= 0.6 is 0 Å². The van der Waals surface area contributed by atoms with Gasteiger partial charge in [0.25, 0.3) is 0 Å². The molecule has 61 heavy (non-hydrogen) atoms. The summed E-state index contributed by atoms with van der Waals surface area (Å²) in [6, 6.07) is 61.6. The molecule has 11 rings (SSSR count). The minimum Gasteiger partial charge on any atom is -0.236 e. The molecule has 0 saturated carbocycles. The van der Waals surface area contributed by atoms with Crippen molar-refractivity contribution in [3.05, 3.63) is 210 Å². The molecule has 7 nitrogen and oxygen atoms in total. The third-order valence-electron chi connectivity index (χ3n) is 11.0. The van der Waals surface area contributed by atoms with E-state index in [-0.39, 0.29) is 11.4 Å². The first-order valence-electron chi connectivity index (χ1n) is 19.8. The van der Waals surface area contributed by atoms with Gasteiger partial charge in [-0.05, 0) is 6.07 Å². The number of halogens is 1. The molecule has 0 fully saturated rings. The normalized spacial score (nSPS) is 11.5. The van der Waals surface area contributed by atoms with Gasteiger partial charge in [-0.1, -0.05) is 12.1 Å². The number of ether oxygens (including phenoxy) is 1. The summed E-state index contributed by atoms with van der Waals surface area (Å²) in [4.78, 5) is 13.2. The Morgan fingerprint density at radius 3 is 1.77 bits per heavy atom. The van der Waals surface area contributed by atoms with E-state index in [1.54, 1.807) is 18.5 Å². The summed E-state index contributed by atoms with van der Waals surface area (Å²) in [5.41, 5.74) is 10.7. The van der Waals surface area contributed by atoms with Crippen LogP contribution in [0.15, 0.2) is 201 Å². The van der Waals surface area contributed by atoms with E-state index in [4.69, 9.17) is 9.72 Å². The molecule has 4 heterocycles. The van der Waals surface area contributed by atoms with Crippen molar-refractivity contribution in [1.29, 1.82) is 0 Å². The number of fused-ring (bicyclic) bond motifs is 4. The summed E-state index contributed by atoms with van der Waals surface area (Å²) >= 11 is 2.46. The molecular formula is C52H33FN6OPt. The second-order valence-electron chi connectivity index (χ2n) is 14.6. The van der Waals surface area contributed by atoms with E-state index in [0.717, 1.165) is 70.3 Å². The van der Waals surface area contributed by atoms with Crippen molar-refractivity contribution in [1.82, 2.24) is 28.7 Å². The summed E-state index contributed by atoms with van der Waals surface area (Å²) in [6.07, 6.45) is 4.67. The van der Waals surface area contributed by atoms with E-state index in [9.17, 15) is 0 Å². The minimum absolute atomic E-state index is 0.238. The van der Waals surface area contributed by atoms with Crippen LogP contribution < -0.4 is 4.74 Å². The Morgan fingerprint density at radius 1 is 0.459 bits per heavy atom. The zero-order chi connectivity index (χ0) is 40.9. The quantitative estimate of drug-likeness (QED) is 0.152. The molecule has 0 spiro atoms. The van der Waals surface area contributed by atoms with Gasteiger partial charge in [0.1, 0.15) is 5.82 Å². The van der Waals surface area contributed by atoms with Gasteiger partial charge in [0, 0.05) is 18.6 Å². The fraction of sp³-hybridized carbons (Fsp3) is 0. The number of aromatic nitrogens is 6. The van der Waals surface area contributed by atoms with Crippen molar-refractivity contribution in [3.8, 4) is 62.3 Å². The second-order valence-corrected chi connectivity index (χ2v) is 15.6. The number of hydrogen-bond acceptors (Lipinski definition) is 4. The molecule has 4 aromatic heterocycles. The molecule has 0 unspecified atom stereocenters. The van der Waals surface area contributed by atoms with E-state index in [1.165, 1.54) is 12.3 Å². The van der Waals surface area contributed by atoms with Crippen LogP contribution in [0.5, 0.6) is 11.5 Å². The topological polar surface area (TPSA) is 62.7 Å². The third kappa shape index (κ3) is 6.40. The maximum absolute atomic E-state index is 15.7. The fourth-order valence-electron chi connectivity index (χ4n) is 8.28. The molecule has 7 aromatic carbocycles. The third-order valence-corrected chi connectivity index (χ3v) is 12.0. The monoisotopic (exact) mass is 971 g/mol. The van der Waals surface area contributed by atoms with E-state index >= 15 is 4.39 Å². The van der Waals surface area contributed by atoms with Gasteiger partial charge < -0.3 is 0 Å². The first kappa shape index (κ1) is 36.5. The van der Waals surface area contributed by atoms with Crippen molar-refractivity contribution in [2.24, 2.45) is 0 Å². The molecule has 0 N–H and O–H groups in total. The first-order valence-corrected chi connectivity index (χ1v) is 20.9. The van der Waals surface area contributed by atoms with Crippen LogP contribution in [-0.4, -0.2) is 28.7 Å². The Bertz CT molecular complexity index is 3430. The van der Waals surface area contributed by atoms with Crippen LogP contribution in [0.4, 0.5) is 4.39 Å². The molecule has 0 radical (unpaired) electrons. The summed E-state index contributed by atoms with van der Waals surface area (Å²) in [7, 11) is 0. The van der Waals surface area contributed by atoms with E-state index in [0.29, 0.717) is 17.3 Å². The molecule has 0 atom stereocenters. The van der Waals surface area contributed by atoms with Gasteiger partial charge in [-0.15, -0.1) is 0 Å². The van der Waals surface area contributed by atoms with Gasteiger partial charge in [-0.25, -0.2) is 14.4 Å². The Hall–Kier alpha value is -7.54. The average Bonchev–Trinajstić information content (AvgIpc) is 3.80. The molecular weight excluding hydrogens is 939 g/mol. The summed E-state index contributed by atoms with van der Waals surface area (Å²) in [5, 5.41) is 2.02. The van der Waals surface area contributed by atoms with Crippen molar-refractivity contribution in [2.75, 3.05) is 0 Å². The number of nitrogens with zero attached hydrogens (tertiary/aromatic N) is 6. The average molecular weight is 972 g/mol. The standard InChI is InChI=1S/C52H33FN6O.Pt/c53-45-32-50(56-33-44(45)52-54-28-13-29-55-52)59-46-23-8-7-20-42(46)43-27-26-39(31-49(43)59)60-38-19-11-18-37(30-38)57-34-58(48-25-10-9-24-47(48)57)51-40(35-14-3-1-4-15-35)21-12-22-41(51)36-16-5-2-6-17-36;/h1-33H;. The van der Waals surface area contributed by atoms with Crippen LogP contribution in [0.25, 0.3) is 83.7 Å². The second kappa shape index (κ2) is 15.2. The fourth-order valence-corrected chi connectivity index (χ4v) is 9.38. The van der Waals surface area contributed by atoms with Gasteiger partial charge in [-0.2, -0.15) is 0 Å². The smallest absolute Gasteiger partial charge is 0.236 e. The van der Waals surface area contributed by atoms with Crippen molar-refractivity contribution < 1.29 is 28.5 Å². The SMILES string of the molecule is Fc1cc(-n2c3ccccc3c3ccc(Oc4cccc(-n5[c](=[Pt])n(-c6c(-c7ccccc7)cccc6-c6ccccc6)c6ccccc65)c4)cc32)ncc1-c1ncccn1. The van der Waals surface area contributed by atoms with Crippen molar-refractivity contribution in [2.45, 2.75) is 0 Å². The molecule has 294 valence electrons. The van der Waals surface area contributed by atoms with Crippen LogP contribution in [0.2, 0.25) is 0 Å². The van der Waals surface area contributed by atoms with Gasteiger partial charge in [0.2, 0.25) is 0 Å². The van der Waals surface area contributed by atoms with E-state index in [2.05, 4.69) is 166 Å². The number of para-hydroxylation sites is 4.